The summed E-state index contributed by atoms with van der Waals surface area (Å²) in [6.07, 6.45) is 9.40. The Balaban J connectivity index is 0.000000282. The first-order valence-corrected chi connectivity index (χ1v) is 9.76. The molecule has 0 heteroatoms. The molecule has 3 aromatic rings. The SMILES string of the molecule is C(=CCc1ccccc1)Cc1ccccc1.C=CCc1ccccc1.CC. The van der Waals surface area contributed by atoms with Gasteiger partial charge in [0.2, 0.25) is 0 Å². The van der Waals surface area contributed by atoms with Crippen LogP contribution in [0.5, 0.6) is 0 Å². The van der Waals surface area contributed by atoms with E-state index in [1.54, 1.807) is 0 Å². The average molecular weight is 357 g/mol. The van der Waals surface area contributed by atoms with Gasteiger partial charge in [-0.2, -0.15) is 0 Å². The fourth-order valence-electron chi connectivity index (χ4n) is 2.45. The van der Waals surface area contributed by atoms with Crippen molar-refractivity contribution < 1.29 is 0 Å². The Kier molecular flexibility index (Phi) is 12.7. The maximum absolute atomic E-state index is 3.66. The van der Waals surface area contributed by atoms with Crippen LogP contribution in [0, 0.1) is 0 Å². The van der Waals surface area contributed by atoms with E-state index in [0.29, 0.717) is 0 Å². The van der Waals surface area contributed by atoms with E-state index >= 15 is 0 Å². The third kappa shape index (κ3) is 10.7. The highest BCUT2D eigenvalue weighted by Gasteiger charge is 1.87. The topological polar surface area (TPSA) is 0 Å². The van der Waals surface area contributed by atoms with Gasteiger partial charge in [-0.1, -0.05) is 123 Å². The number of rotatable bonds is 6. The smallest absolute Gasteiger partial charge is 0.00973 e. The first-order valence-electron chi connectivity index (χ1n) is 9.76. The summed E-state index contributed by atoms with van der Waals surface area (Å²) >= 11 is 0. The van der Waals surface area contributed by atoms with Crippen LogP contribution in [0.15, 0.2) is 116 Å². The Labute approximate surface area is 165 Å². The largest absolute Gasteiger partial charge is 0.103 e. The molecule has 0 bridgehead atoms. The van der Waals surface area contributed by atoms with Gasteiger partial charge in [-0.25, -0.2) is 0 Å². The molecule has 0 heterocycles. The summed E-state index contributed by atoms with van der Waals surface area (Å²) in [5.41, 5.74) is 4.06. The van der Waals surface area contributed by atoms with E-state index in [1.165, 1.54) is 16.7 Å². The van der Waals surface area contributed by atoms with E-state index in [1.807, 2.05) is 38.1 Å². The Hall–Kier alpha value is -2.86. The molecule has 27 heavy (non-hydrogen) atoms. The van der Waals surface area contributed by atoms with E-state index in [9.17, 15) is 0 Å². The lowest BCUT2D eigenvalue weighted by atomic mass is 10.1. The molecule has 0 aliphatic rings. The Bertz CT molecular complexity index is 681. The molecule has 0 fully saturated rings. The van der Waals surface area contributed by atoms with Crippen molar-refractivity contribution in [3.05, 3.63) is 132 Å². The van der Waals surface area contributed by atoms with E-state index < -0.39 is 0 Å². The van der Waals surface area contributed by atoms with Gasteiger partial charge in [0, 0.05) is 0 Å². The quantitative estimate of drug-likeness (QED) is 0.402. The first kappa shape index (κ1) is 22.2. The number of benzene rings is 3. The van der Waals surface area contributed by atoms with Gasteiger partial charge in [0.15, 0.2) is 0 Å². The van der Waals surface area contributed by atoms with Gasteiger partial charge in [0.25, 0.3) is 0 Å². The van der Waals surface area contributed by atoms with Crippen molar-refractivity contribution in [3.8, 4) is 0 Å². The third-order valence-electron chi connectivity index (χ3n) is 3.78. The maximum atomic E-state index is 3.66. The van der Waals surface area contributed by atoms with E-state index in [-0.39, 0.29) is 0 Å². The molecule has 0 aliphatic heterocycles. The molecule has 0 spiro atoms. The van der Waals surface area contributed by atoms with E-state index in [2.05, 4.69) is 91.5 Å². The van der Waals surface area contributed by atoms with Gasteiger partial charge in [0.1, 0.15) is 0 Å². The minimum absolute atomic E-state index is 0.973. The number of hydrogen-bond acceptors (Lipinski definition) is 0. The van der Waals surface area contributed by atoms with Gasteiger partial charge < -0.3 is 0 Å². The minimum atomic E-state index is 0.973. The standard InChI is InChI=1S/C16H16.C9H10.C2H6/c1-3-9-15(10-4-1)13-7-8-14-16-11-5-2-6-12-16;1-2-6-9-7-4-3-5-8-9;1-2/h1-12H,13-14H2;2-5,7-8H,1,6H2;1-2H3. The summed E-state index contributed by atoms with van der Waals surface area (Å²) < 4.78 is 0. The second kappa shape index (κ2) is 15.4. The van der Waals surface area contributed by atoms with Crippen molar-refractivity contribution in [2.45, 2.75) is 33.1 Å². The fraction of sp³-hybridized carbons (Fsp3) is 0.185. The summed E-state index contributed by atoms with van der Waals surface area (Å²) in [4.78, 5) is 0. The van der Waals surface area contributed by atoms with Crippen LogP contribution >= 0.6 is 0 Å². The summed E-state index contributed by atoms with van der Waals surface area (Å²) in [7, 11) is 0. The highest BCUT2D eigenvalue weighted by molar-refractivity contribution is 5.20. The summed E-state index contributed by atoms with van der Waals surface area (Å²) in [6, 6.07) is 31.4. The minimum Gasteiger partial charge on any atom is -0.103 e. The lowest BCUT2D eigenvalue weighted by Crippen LogP contribution is -1.81. The molecule has 0 saturated heterocycles. The van der Waals surface area contributed by atoms with Crippen LogP contribution in [0.4, 0.5) is 0 Å². The molecule has 3 aromatic carbocycles. The van der Waals surface area contributed by atoms with Crippen LogP contribution in [0.3, 0.4) is 0 Å². The molecular formula is C27H32. The lowest BCUT2D eigenvalue weighted by molar-refractivity contribution is 1.21. The Morgan fingerprint density at radius 3 is 1.11 bits per heavy atom. The third-order valence-corrected chi connectivity index (χ3v) is 3.78. The molecule has 0 N–H and O–H groups in total. The van der Waals surface area contributed by atoms with Crippen LogP contribution in [-0.4, -0.2) is 0 Å². The molecule has 0 unspecified atom stereocenters. The van der Waals surface area contributed by atoms with Crippen LogP contribution in [0.1, 0.15) is 30.5 Å². The average Bonchev–Trinajstić information content (AvgIpc) is 2.76. The molecule has 0 atom stereocenters. The zero-order valence-electron chi connectivity index (χ0n) is 16.7. The molecule has 0 aliphatic carbocycles. The predicted molar refractivity (Wildman–Crippen MR) is 121 cm³/mol. The van der Waals surface area contributed by atoms with Gasteiger partial charge >= 0.3 is 0 Å². The normalized spacial score (nSPS) is 9.56. The molecule has 0 nitrogen and oxygen atoms in total. The van der Waals surface area contributed by atoms with Gasteiger partial charge in [-0.05, 0) is 36.0 Å². The summed E-state index contributed by atoms with van der Waals surface area (Å²) in [6.45, 7) is 7.66. The van der Waals surface area contributed by atoms with Crippen molar-refractivity contribution in [2.24, 2.45) is 0 Å². The van der Waals surface area contributed by atoms with Gasteiger partial charge in [-0.3, -0.25) is 0 Å². The zero-order valence-corrected chi connectivity index (χ0v) is 16.7. The predicted octanol–water partition coefficient (Wildman–Crippen LogP) is 7.47. The molecule has 0 amide bonds. The zero-order chi connectivity index (χ0) is 19.6. The second-order valence-corrected chi connectivity index (χ2v) is 5.83. The molecule has 140 valence electrons. The van der Waals surface area contributed by atoms with Gasteiger partial charge in [0.05, 0.1) is 0 Å². The van der Waals surface area contributed by atoms with Gasteiger partial charge in [-0.15, -0.1) is 6.58 Å². The highest BCUT2D eigenvalue weighted by atomic mass is 13.9. The lowest BCUT2D eigenvalue weighted by Gasteiger charge is -1.96. The second-order valence-electron chi connectivity index (χ2n) is 5.83. The Morgan fingerprint density at radius 1 is 0.519 bits per heavy atom. The molecule has 3 rings (SSSR count). The van der Waals surface area contributed by atoms with Crippen molar-refractivity contribution in [1.82, 2.24) is 0 Å². The van der Waals surface area contributed by atoms with Crippen LogP contribution in [0.2, 0.25) is 0 Å². The molecular weight excluding hydrogens is 324 g/mol. The molecule has 0 saturated carbocycles. The molecule has 0 aromatic heterocycles. The van der Waals surface area contributed by atoms with Crippen LogP contribution in [-0.2, 0) is 19.3 Å². The Morgan fingerprint density at radius 2 is 0.815 bits per heavy atom. The monoisotopic (exact) mass is 356 g/mol. The van der Waals surface area contributed by atoms with Crippen molar-refractivity contribution in [1.29, 1.82) is 0 Å². The van der Waals surface area contributed by atoms with Crippen LogP contribution < -0.4 is 0 Å². The molecule has 0 radical (unpaired) electrons. The highest BCUT2D eigenvalue weighted by Crippen LogP contribution is 2.03. The number of allylic oxidation sites excluding steroid dienone is 3. The van der Waals surface area contributed by atoms with Crippen LogP contribution in [0.25, 0.3) is 0 Å². The maximum Gasteiger partial charge on any atom is -0.00973 e. The van der Waals surface area contributed by atoms with E-state index in [4.69, 9.17) is 0 Å². The fourth-order valence-corrected chi connectivity index (χ4v) is 2.45. The summed E-state index contributed by atoms with van der Waals surface area (Å²) in [5.74, 6) is 0. The van der Waals surface area contributed by atoms with Crippen molar-refractivity contribution in [3.63, 3.8) is 0 Å². The first-order chi connectivity index (χ1) is 13.4. The number of hydrogen-bond donors (Lipinski definition) is 0. The van der Waals surface area contributed by atoms with Crippen molar-refractivity contribution in [2.75, 3.05) is 0 Å². The summed E-state index contributed by atoms with van der Waals surface area (Å²) in [5, 5.41) is 0. The van der Waals surface area contributed by atoms with Crippen molar-refractivity contribution >= 4 is 0 Å². The van der Waals surface area contributed by atoms with E-state index in [0.717, 1.165) is 19.3 Å².